The van der Waals surface area contributed by atoms with Gasteiger partial charge in [0, 0.05) is 18.7 Å². The van der Waals surface area contributed by atoms with Crippen LogP contribution in [0.3, 0.4) is 0 Å². The summed E-state index contributed by atoms with van der Waals surface area (Å²) in [5, 5.41) is 28.9. The third kappa shape index (κ3) is 5.86. The molecule has 224 valence electrons. The number of carbonyl (C=O) groups is 1. The van der Waals surface area contributed by atoms with Crippen LogP contribution in [-0.4, -0.2) is 53.2 Å². The molecule has 0 unspecified atom stereocenters. The Morgan fingerprint density at radius 2 is 1.65 bits per heavy atom. The van der Waals surface area contributed by atoms with E-state index in [0.717, 1.165) is 10.7 Å². The zero-order valence-corrected chi connectivity index (χ0v) is 23.0. The molecule has 1 amide bonds. The van der Waals surface area contributed by atoms with Crippen molar-refractivity contribution in [2.24, 2.45) is 7.05 Å². The fourth-order valence-electron chi connectivity index (χ4n) is 3.97. The molecule has 0 fully saturated rings. The highest BCUT2D eigenvalue weighted by atomic mass is 32.2. The second-order valence-electron chi connectivity index (χ2n) is 8.47. The fourth-order valence-corrected chi connectivity index (χ4v) is 5.20. The SMILES string of the molecule is COc1ccc(OC)c(-c2c(NS(=O)(=O)c3ccc([N+](=O)[O-])cc3[N+](=O)[O-])c(C(=O)Nc3c(F)cncc3F)nn2C)c1. The minimum Gasteiger partial charge on any atom is -0.497 e. The molecular weight excluding hydrogens is 600 g/mol. The van der Waals surface area contributed by atoms with Gasteiger partial charge in [0.1, 0.15) is 22.9 Å². The van der Waals surface area contributed by atoms with Crippen LogP contribution in [0, 0.1) is 31.9 Å². The number of carbonyl (C=O) groups excluding carboxylic acids is 1. The van der Waals surface area contributed by atoms with Crippen LogP contribution in [-0.2, 0) is 17.1 Å². The molecule has 0 saturated heterocycles. The summed E-state index contributed by atoms with van der Waals surface area (Å²) in [6, 6.07) is 6.22. The summed E-state index contributed by atoms with van der Waals surface area (Å²) in [5.74, 6) is -3.37. The molecule has 2 heterocycles. The number of ether oxygens (including phenoxy) is 2. The summed E-state index contributed by atoms with van der Waals surface area (Å²) in [5.41, 5.74) is -4.13. The smallest absolute Gasteiger partial charge is 0.296 e. The van der Waals surface area contributed by atoms with Crippen LogP contribution in [0.1, 0.15) is 10.5 Å². The minimum atomic E-state index is -5.01. The van der Waals surface area contributed by atoms with Gasteiger partial charge in [0.05, 0.1) is 48.2 Å². The first-order valence-corrected chi connectivity index (χ1v) is 13.1. The Hall–Kier alpha value is -5.72. The Morgan fingerprint density at radius 1 is 0.977 bits per heavy atom. The zero-order chi connectivity index (χ0) is 31.6. The van der Waals surface area contributed by atoms with Gasteiger partial charge in [-0.25, -0.2) is 17.2 Å². The molecule has 0 atom stereocenters. The van der Waals surface area contributed by atoms with E-state index in [0.29, 0.717) is 24.5 Å². The molecule has 4 rings (SSSR count). The normalized spacial score (nSPS) is 11.1. The summed E-state index contributed by atoms with van der Waals surface area (Å²) >= 11 is 0. The van der Waals surface area contributed by atoms with Crippen LogP contribution in [0.25, 0.3) is 11.3 Å². The Bertz CT molecular complexity index is 1880. The second-order valence-corrected chi connectivity index (χ2v) is 10.1. The van der Waals surface area contributed by atoms with E-state index in [2.05, 4.69) is 14.8 Å². The topological polar surface area (TPSA) is 211 Å². The number of hydrogen-bond donors (Lipinski definition) is 2. The summed E-state index contributed by atoms with van der Waals surface area (Å²) < 4.78 is 69.4. The van der Waals surface area contributed by atoms with E-state index < -0.39 is 70.8 Å². The monoisotopic (exact) mass is 619 g/mol. The second kappa shape index (κ2) is 11.6. The average molecular weight is 620 g/mol. The average Bonchev–Trinajstić information content (AvgIpc) is 3.28. The van der Waals surface area contributed by atoms with Crippen molar-refractivity contribution in [1.29, 1.82) is 0 Å². The van der Waals surface area contributed by atoms with Crippen LogP contribution in [0.5, 0.6) is 11.5 Å². The number of nitrogens with one attached hydrogen (secondary N) is 2. The minimum absolute atomic E-state index is 0.119. The Morgan fingerprint density at radius 3 is 2.23 bits per heavy atom. The Kier molecular flexibility index (Phi) is 8.19. The first kappa shape index (κ1) is 30.2. The lowest BCUT2D eigenvalue weighted by Crippen LogP contribution is -2.20. The van der Waals surface area contributed by atoms with Crippen LogP contribution in [0.2, 0.25) is 0 Å². The van der Waals surface area contributed by atoms with Gasteiger partial charge in [-0.2, -0.15) is 5.10 Å². The van der Waals surface area contributed by atoms with E-state index in [4.69, 9.17) is 9.47 Å². The highest BCUT2D eigenvalue weighted by molar-refractivity contribution is 7.92. The van der Waals surface area contributed by atoms with E-state index >= 15 is 0 Å². The van der Waals surface area contributed by atoms with Gasteiger partial charge >= 0.3 is 0 Å². The third-order valence-corrected chi connectivity index (χ3v) is 7.29. The predicted octanol–water partition coefficient (Wildman–Crippen LogP) is 3.65. The number of hydrogen-bond acceptors (Lipinski definition) is 11. The number of nitro benzene ring substituents is 2. The van der Waals surface area contributed by atoms with Crippen molar-refractivity contribution in [3.05, 3.63) is 86.3 Å². The number of sulfonamides is 1. The number of rotatable bonds is 10. The zero-order valence-electron chi connectivity index (χ0n) is 22.2. The molecule has 0 aliphatic carbocycles. The van der Waals surface area contributed by atoms with Gasteiger partial charge in [-0.05, 0) is 24.3 Å². The summed E-state index contributed by atoms with van der Waals surface area (Å²) in [4.78, 5) is 36.4. The highest BCUT2D eigenvalue weighted by Crippen LogP contribution is 2.41. The van der Waals surface area contributed by atoms with Crippen molar-refractivity contribution in [1.82, 2.24) is 14.8 Å². The first-order chi connectivity index (χ1) is 20.3. The largest absolute Gasteiger partial charge is 0.497 e. The maximum Gasteiger partial charge on any atom is 0.296 e. The molecule has 16 nitrogen and oxygen atoms in total. The molecule has 4 aromatic rings. The number of nitrogens with zero attached hydrogens (tertiary/aromatic N) is 5. The van der Waals surface area contributed by atoms with Crippen LogP contribution >= 0.6 is 0 Å². The first-order valence-electron chi connectivity index (χ1n) is 11.6. The molecule has 0 aliphatic rings. The lowest BCUT2D eigenvalue weighted by molar-refractivity contribution is -0.396. The van der Waals surface area contributed by atoms with Crippen molar-refractivity contribution >= 4 is 38.7 Å². The summed E-state index contributed by atoms with van der Waals surface area (Å²) in [6.45, 7) is 0. The lowest BCUT2D eigenvalue weighted by atomic mass is 10.1. The van der Waals surface area contributed by atoms with Crippen LogP contribution in [0.4, 0.5) is 31.5 Å². The van der Waals surface area contributed by atoms with Crippen LogP contribution < -0.4 is 19.5 Å². The summed E-state index contributed by atoms with van der Waals surface area (Å²) in [7, 11) is -1.05. The standard InChI is InChI=1S/C24H19F2N7O9S/c1-31-23(14-9-13(41-2)5-6-18(14)42-3)21(22(29-31)24(34)28-20-15(25)10-27-11-16(20)26)30-43(39,40)19-7-4-12(32(35)36)8-17(19)33(37)38/h4-11,30H,1-3H3,(H,27,28,34). The van der Waals surface area contributed by atoms with E-state index in [1.165, 1.54) is 39.5 Å². The van der Waals surface area contributed by atoms with E-state index in [1.54, 1.807) is 0 Å². The number of amides is 1. The van der Waals surface area contributed by atoms with Gasteiger partial charge in [-0.3, -0.25) is 39.4 Å². The van der Waals surface area contributed by atoms with Crippen molar-refractivity contribution in [2.75, 3.05) is 24.3 Å². The van der Waals surface area contributed by atoms with Crippen molar-refractivity contribution in [2.45, 2.75) is 4.90 Å². The lowest BCUT2D eigenvalue weighted by Gasteiger charge is -2.15. The molecule has 0 saturated carbocycles. The predicted molar refractivity (Wildman–Crippen MR) is 144 cm³/mol. The highest BCUT2D eigenvalue weighted by Gasteiger charge is 2.34. The molecule has 19 heteroatoms. The maximum atomic E-state index is 14.3. The Balaban J connectivity index is 1.96. The quantitative estimate of drug-likeness (QED) is 0.193. The number of nitro groups is 2. The molecule has 43 heavy (non-hydrogen) atoms. The molecule has 2 aromatic heterocycles. The summed E-state index contributed by atoms with van der Waals surface area (Å²) in [6.07, 6.45) is 1.25. The number of benzene rings is 2. The number of non-ortho nitro benzene ring substituents is 1. The van der Waals surface area contributed by atoms with E-state index in [-0.39, 0.29) is 22.8 Å². The molecule has 2 N–H and O–H groups in total. The third-order valence-electron chi connectivity index (χ3n) is 5.89. The van der Waals surface area contributed by atoms with Crippen molar-refractivity contribution in [3.63, 3.8) is 0 Å². The Labute approximate surface area is 240 Å². The van der Waals surface area contributed by atoms with Gasteiger partial charge < -0.3 is 14.8 Å². The van der Waals surface area contributed by atoms with E-state index in [1.807, 2.05) is 5.32 Å². The van der Waals surface area contributed by atoms with Gasteiger partial charge in [-0.1, -0.05) is 0 Å². The van der Waals surface area contributed by atoms with Gasteiger partial charge in [0.2, 0.25) is 0 Å². The fraction of sp³-hybridized carbons (Fsp3) is 0.125. The molecule has 0 radical (unpaired) electrons. The molecular formula is C24H19F2N7O9S. The van der Waals surface area contributed by atoms with Gasteiger partial charge in [-0.15, -0.1) is 0 Å². The molecule has 0 bridgehead atoms. The van der Waals surface area contributed by atoms with E-state index in [9.17, 15) is 42.2 Å². The molecule has 0 spiro atoms. The number of aromatic nitrogens is 3. The van der Waals surface area contributed by atoms with Crippen molar-refractivity contribution in [3.8, 4) is 22.8 Å². The number of anilines is 2. The number of halogens is 2. The molecule has 2 aromatic carbocycles. The number of aryl methyl sites for hydroxylation is 1. The number of pyridine rings is 1. The maximum absolute atomic E-state index is 14.3. The van der Waals surface area contributed by atoms with Crippen LogP contribution in [0.15, 0.2) is 53.7 Å². The number of methoxy groups -OCH3 is 2. The van der Waals surface area contributed by atoms with Gasteiger partial charge in [0.15, 0.2) is 22.2 Å². The molecule has 0 aliphatic heterocycles. The van der Waals surface area contributed by atoms with Crippen molar-refractivity contribution < 1.29 is 41.3 Å². The van der Waals surface area contributed by atoms with Gasteiger partial charge in [0.25, 0.3) is 27.3 Å².